The van der Waals surface area contributed by atoms with E-state index < -0.39 is 0 Å². The Kier molecular flexibility index (Phi) is 3.36. The zero-order valence-corrected chi connectivity index (χ0v) is 9.51. The van der Waals surface area contributed by atoms with Crippen molar-refractivity contribution in [1.29, 1.82) is 0 Å². The Labute approximate surface area is 82.5 Å². The van der Waals surface area contributed by atoms with E-state index in [1.165, 1.54) is 19.4 Å². The van der Waals surface area contributed by atoms with E-state index in [1.54, 1.807) is 0 Å². The predicted octanol–water partition coefficient (Wildman–Crippen LogP) is 1.70. The van der Waals surface area contributed by atoms with Crippen LogP contribution in [0.1, 0.15) is 33.6 Å². The molecule has 0 aliphatic heterocycles. The van der Waals surface area contributed by atoms with Crippen LogP contribution in [0.15, 0.2) is 0 Å². The molecule has 0 aromatic carbocycles. The summed E-state index contributed by atoms with van der Waals surface area (Å²) in [5, 5.41) is 0. The smallest absolute Gasteiger partial charge is 0.0133 e. The van der Waals surface area contributed by atoms with Crippen molar-refractivity contribution in [3.63, 3.8) is 0 Å². The summed E-state index contributed by atoms with van der Waals surface area (Å²) < 4.78 is 0. The maximum Gasteiger partial charge on any atom is 0.0133 e. The fourth-order valence-electron chi connectivity index (χ4n) is 2.27. The lowest BCUT2D eigenvalue weighted by Gasteiger charge is -2.44. The quantitative estimate of drug-likeness (QED) is 0.723. The van der Waals surface area contributed by atoms with Gasteiger partial charge in [-0.1, -0.05) is 20.8 Å². The van der Waals surface area contributed by atoms with Gasteiger partial charge in [0.25, 0.3) is 0 Å². The van der Waals surface area contributed by atoms with Gasteiger partial charge in [-0.15, -0.1) is 0 Å². The summed E-state index contributed by atoms with van der Waals surface area (Å²) in [7, 11) is 2.23. The molecule has 0 aromatic heterocycles. The Bertz CT molecular complexity index is 158. The molecule has 0 bridgehead atoms. The molecule has 0 spiro atoms. The van der Waals surface area contributed by atoms with Gasteiger partial charge in [0.1, 0.15) is 0 Å². The molecule has 2 unspecified atom stereocenters. The second kappa shape index (κ2) is 3.97. The van der Waals surface area contributed by atoms with Crippen LogP contribution in [-0.4, -0.2) is 31.1 Å². The van der Waals surface area contributed by atoms with E-state index >= 15 is 0 Å². The van der Waals surface area contributed by atoms with Crippen LogP contribution in [0, 0.1) is 11.3 Å². The Morgan fingerprint density at radius 1 is 1.31 bits per heavy atom. The first kappa shape index (κ1) is 11.0. The largest absolute Gasteiger partial charge is 0.330 e. The maximum absolute atomic E-state index is 5.70. The Balaban J connectivity index is 2.35. The molecule has 1 rings (SSSR count). The number of hydrogen-bond donors (Lipinski definition) is 1. The standard InChI is InChI=1S/C11H24N2/c1-11(2,3)8-13(4)10-6-5-9(10)7-12/h9-10H,5-8,12H2,1-4H3. The second-order valence-corrected chi connectivity index (χ2v) is 5.62. The molecule has 2 nitrogen and oxygen atoms in total. The third-order valence-corrected chi connectivity index (χ3v) is 2.97. The molecule has 0 saturated heterocycles. The molecule has 0 amide bonds. The lowest BCUT2D eigenvalue weighted by molar-refractivity contribution is 0.0629. The van der Waals surface area contributed by atoms with Crippen LogP contribution < -0.4 is 5.73 Å². The third-order valence-electron chi connectivity index (χ3n) is 2.97. The molecule has 0 heterocycles. The minimum atomic E-state index is 0.406. The molecule has 1 saturated carbocycles. The van der Waals surface area contributed by atoms with Gasteiger partial charge < -0.3 is 10.6 Å². The normalized spacial score (nSPS) is 29.1. The average molecular weight is 184 g/mol. The van der Waals surface area contributed by atoms with Crippen LogP contribution in [0.2, 0.25) is 0 Å². The minimum absolute atomic E-state index is 0.406. The van der Waals surface area contributed by atoms with Crippen molar-refractivity contribution in [2.24, 2.45) is 17.1 Å². The fraction of sp³-hybridized carbons (Fsp3) is 1.00. The molecule has 0 aromatic rings. The number of nitrogens with zero attached hydrogens (tertiary/aromatic N) is 1. The van der Waals surface area contributed by atoms with Crippen molar-refractivity contribution in [1.82, 2.24) is 4.90 Å². The van der Waals surface area contributed by atoms with Crippen LogP contribution in [0.25, 0.3) is 0 Å². The summed E-state index contributed by atoms with van der Waals surface area (Å²) >= 11 is 0. The monoisotopic (exact) mass is 184 g/mol. The van der Waals surface area contributed by atoms with Crippen LogP contribution in [0.3, 0.4) is 0 Å². The molecule has 2 N–H and O–H groups in total. The van der Waals surface area contributed by atoms with Crippen molar-refractivity contribution >= 4 is 0 Å². The first-order valence-corrected chi connectivity index (χ1v) is 5.34. The highest BCUT2D eigenvalue weighted by atomic mass is 15.1. The summed E-state index contributed by atoms with van der Waals surface area (Å²) in [6.07, 6.45) is 2.67. The zero-order valence-electron chi connectivity index (χ0n) is 9.51. The van der Waals surface area contributed by atoms with Gasteiger partial charge in [0.15, 0.2) is 0 Å². The van der Waals surface area contributed by atoms with Gasteiger partial charge in [-0.25, -0.2) is 0 Å². The van der Waals surface area contributed by atoms with Crippen LogP contribution in [0.4, 0.5) is 0 Å². The van der Waals surface area contributed by atoms with Crippen molar-refractivity contribution in [2.75, 3.05) is 20.1 Å². The van der Waals surface area contributed by atoms with E-state index in [0.29, 0.717) is 5.41 Å². The van der Waals surface area contributed by atoms with E-state index in [4.69, 9.17) is 5.73 Å². The molecule has 2 heteroatoms. The summed E-state index contributed by atoms with van der Waals surface area (Å²) in [5.74, 6) is 0.757. The molecule has 78 valence electrons. The van der Waals surface area contributed by atoms with Gasteiger partial charge in [0.2, 0.25) is 0 Å². The van der Waals surface area contributed by atoms with E-state index in [2.05, 4.69) is 32.7 Å². The van der Waals surface area contributed by atoms with Crippen LogP contribution in [-0.2, 0) is 0 Å². The fourth-order valence-corrected chi connectivity index (χ4v) is 2.27. The molecular formula is C11H24N2. The highest BCUT2D eigenvalue weighted by molar-refractivity contribution is 4.89. The molecular weight excluding hydrogens is 160 g/mol. The third kappa shape index (κ3) is 2.96. The van der Waals surface area contributed by atoms with Gasteiger partial charge in [-0.3, -0.25) is 0 Å². The van der Waals surface area contributed by atoms with E-state index in [1.807, 2.05) is 0 Å². The predicted molar refractivity (Wildman–Crippen MR) is 57.7 cm³/mol. The first-order valence-electron chi connectivity index (χ1n) is 5.34. The van der Waals surface area contributed by atoms with E-state index in [0.717, 1.165) is 18.5 Å². The molecule has 1 fully saturated rings. The SMILES string of the molecule is CN(CC(C)(C)C)C1CCC1CN. The van der Waals surface area contributed by atoms with Crippen molar-refractivity contribution in [2.45, 2.75) is 39.7 Å². The van der Waals surface area contributed by atoms with Gasteiger partial charge in [-0.05, 0) is 37.8 Å². The Hall–Kier alpha value is -0.0800. The summed E-state index contributed by atoms with van der Waals surface area (Å²) in [6.45, 7) is 8.91. The van der Waals surface area contributed by atoms with Crippen molar-refractivity contribution < 1.29 is 0 Å². The number of rotatable bonds is 3. The maximum atomic E-state index is 5.70. The van der Waals surface area contributed by atoms with Gasteiger partial charge >= 0.3 is 0 Å². The topological polar surface area (TPSA) is 29.3 Å². The lowest BCUT2D eigenvalue weighted by Crippen LogP contribution is -2.50. The molecule has 1 aliphatic carbocycles. The Morgan fingerprint density at radius 2 is 1.92 bits per heavy atom. The number of hydrogen-bond acceptors (Lipinski definition) is 2. The average Bonchev–Trinajstić information content (AvgIpc) is 1.80. The summed E-state index contributed by atoms with van der Waals surface area (Å²) in [5.41, 5.74) is 6.11. The van der Waals surface area contributed by atoms with Gasteiger partial charge in [0, 0.05) is 12.6 Å². The summed E-state index contributed by atoms with van der Waals surface area (Å²) in [6, 6.07) is 0.754. The van der Waals surface area contributed by atoms with Gasteiger partial charge in [0.05, 0.1) is 0 Å². The van der Waals surface area contributed by atoms with E-state index in [9.17, 15) is 0 Å². The van der Waals surface area contributed by atoms with Crippen molar-refractivity contribution in [3.8, 4) is 0 Å². The van der Waals surface area contributed by atoms with Gasteiger partial charge in [-0.2, -0.15) is 0 Å². The summed E-state index contributed by atoms with van der Waals surface area (Å²) in [4.78, 5) is 2.49. The molecule has 0 radical (unpaired) electrons. The molecule has 2 atom stereocenters. The highest BCUT2D eigenvalue weighted by Gasteiger charge is 2.33. The number of nitrogens with two attached hydrogens (primary N) is 1. The second-order valence-electron chi connectivity index (χ2n) is 5.62. The van der Waals surface area contributed by atoms with Crippen LogP contribution in [0.5, 0.6) is 0 Å². The van der Waals surface area contributed by atoms with Crippen molar-refractivity contribution in [3.05, 3.63) is 0 Å². The molecule has 13 heavy (non-hydrogen) atoms. The first-order chi connectivity index (χ1) is 5.94. The van der Waals surface area contributed by atoms with Crippen LogP contribution >= 0.6 is 0 Å². The minimum Gasteiger partial charge on any atom is -0.330 e. The lowest BCUT2D eigenvalue weighted by atomic mass is 9.78. The zero-order chi connectivity index (χ0) is 10.1. The highest BCUT2D eigenvalue weighted by Crippen LogP contribution is 2.32. The molecule has 1 aliphatic rings. The Morgan fingerprint density at radius 3 is 2.23 bits per heavy atom. The van der Waals surface area contributed by atoms with E-state index in [-0.39, 0.29) is 0 Å².